The van der Waals surface area contributed by atoms with Crippen molar-refractivity contribution in [3.05, 3.63) is 36.4 Å². The van der Waals surface area contributed by atoms with Gasteiger partial charge >= 0.3 is 6.09 Å². The molecule has 1 rings (SSSR count). The van der Waals surface area contributed by atoms with Crippen LogP contribution in [0, 0.1) is 0 Å². The molecule has 1 N–H and O–H groups in total. The van der Waals surface area contributed by atoms with Crippen LogP contribution in [0.25, 0.3) is 0 Å². The summed E-state index contributed by atoms with van der Waals surface area (Å²) >= 11 is 0. The molecule has 0 radical (unpaired) electrons. The summed E-state index contributed by atoms with van der Waals surface area (Å²) in [6.07, 6.45) is 2.54. The fourth-order valence-electron chi connectivity index (χ4n) is 1.36. The van der Waals surface area contributed by atoms with E-state index in [4.69, 9.17) is 9.47 Å². The second kappa shape index (κ2) is 8.58. The monoisotopic (exact) mass is 278 g/mol. The SMILES string of the molecule is C=CCOc1ccc(/C=N/NC(=O)OCC)cc1OC. The Morgan fingerprint density at radius 1 is 1.45 bits per heavy atom. The van der Waals surface area contributed by atoms with Gasteiger partial charge in [-0.3, -0.25) is 0 Å². The molecule has 6 nitrogen and oxygen atoms in total. The summed E-state index contributed by atoms with van der Waals surface area (Å²) in [6.45, 7) is 5.99. The van der Waals surface area contributed by atoms with E-state index in [1.165, 1.54) is 6.21 Å². The maximum absolute atomic E-state index is 11.0. The Hall–Kier alpha value is -2.50. The van der Waals surface area contributed by atoms with Gasteiger partial charge in [0.2, 0.25) is 0 Å². The lowest BCUT2D eigenvalue weighted by molar-refractivity contribution is 0.152. The lowest BCUT2D eigenvalue weighted by Gasteiger charge is -2.09. The van der Waals surface area contributed by atoms with E-state index in [0.29, 0.717) is 24.7 Å². The number of hydrazone groups is 1. The van der Waals surface area contributed by atoms with Crippen molar-refractivity contribution >= 4 is 12.3 Å². The molecule has 0 aromatic heterocycles. The third-order valence-electron chi connectivity index (χ3n) is 2.19. The number of nitrogens with zero attached hydrogens (tertiary/aromatic N) is 1. The summed E-state index contributed by atoms with van der Waals surface area (Å²) in [5.74, 6) is 1.19. The van der Waals surface area contributed by atoms with Gasteiger partial charge in [-0.15, -0.1) is 0 Å². The Kier molecular flexibility index (Phi) is 6.67. The lowest BCUT2D eigenvalue weighted by atomic mass is 10.2. The van der Waals surface area contributed by atoms with Crippen LogP contribution in [0.1, 0.15) is 12.5 Å². The highest BCUT2D eigenvalue weighted by Crippen LogP contribution is 2.27. The van der Waals surface area contributed by atoms with Crippen molar-refractivity contribution in [1.29, 1.82) is 0 Å². The first kappa shape index (κ1) is 15.6. The molecular formula is C14H18N2O4. The smallest absolute Gasteiger partial charge is 0.427 e. The molecule has 108 valence electrons. The van der Waals surface area contributed by atoms with Gasteiger partial charge in [-0.2, -0.15) is 5.10 Å². The van der Waals surface area contributed by atoms with Crippen LogP contribution in [0.4, 0.5) is 4.79 Å². The molecule has 0 saturated carbocycles. The predicted octanol–water partition coefficient (Wildman–Crippen LogP) is 2.34. The highest BCUT2D eigenvalue weighted by atomic mass is 16.5. The number of nitrogens with one attached hydrogen (secondary N) is 1. The van der Waals surface area contributed by atoms with Gasteiger partial charge in [0, 0.05) is 0 Å². The van der Waals surface area contributed by atoms with Crippen LogP contribution in [0.3, 0.4) is 0 Å². The summed E-state index contributed by atoms with van der Waals surface area (Å²) in [5.41, 5.74) is 3.00. The van der Waals surface area contributed by atoms with Crippen LogP contribution < -0.4 is 14.9 Å². The van der Waals surface area contributed by atoms with Crippen molar-refractivity contribution in [3.63, 3.8) is 0 Å². The molecule has 0 aliphatic heterocycles. The van der Waals surface area contributed by atoms with Gasteiger partial charge in [-0.25, -0.2) is 10.2 Å². The fourth-order valence-corrected chi connectivity index (χ4v) is 1.36. The molecule has 1 amide bonds. The highest BCUT2D eigenvalue weighted by molar-refractivity contribution is 5.82. The number of benzene rings is 1. The number of methoxy groups -OCH3 is 1. The Balaban J connectivity index is 2.69. The summed E-state index contributed by atoms with van der Waals surface area (Å²) in [4.78, 5) is 11.0. The third kappa shape index (κ3) is 5.01. The van der Waals surface area contributed by atoms with Crippen molar-refractivity contribution < 1.29 is 19.0 Å². The molecule has 1 aromatic carbocycles. The third-order valence-corrected chi connectivity index (χ3v) is 2.19. The van der Waals surface area contributed by atoms with Crippen molar-refractivity contribution in [2.24, 2.45) is 5.10 Å². The number of ether oxygens (including phenoxy) is 3. The molecule has 0 fully saturated rings. The van der Waals surface area contributed by atoms with Gasteiger partial charge in [-0.1, -0.05) is 12.7 Å². The molecular weight excluding hydrogens is 260 g/mol. The van der Waals surface area contributed by atoms with Crippen LogP contribution >= 0.6 is 0 Å². The summed E-state index contributed by atoms with van der Waals surface area (Å²) in [6, 6.07) is 5.29. The molecule has 1 aromatic rings. The van der Waals surface area contributed by atoms with Crippen LogP contribution in [0.2, 0.25) is 0 Å². The van der Waals surface area contributed by atoms with E-state index >= 15 is 0 Å². The van der Waals surface area contributed by atoms with Crippen LogP contribution in [0.15, 0.2) is 36.0 Å². The van der Waals surface area contributed by atoms with Gasteiger partial charge in [0.05, 0.1) is 19.9 Å². The summed E-state index contributed by atoms with van der Waals surface area (Å²) in [7, 11) is 1.55. The minimum absolute atomic E-state index is 0.296. The molecule has 0 aliphatic carbocycles. The molecule has 6 heteroatoms. The zero-order chi connectivity index (χ0) is 14.8. The van der Waals surface area contributed by atoms with E-state index in [0.717, 1.165) is 5.56 Å². The Bertz CT molecular complexity index is 486. The number of carbonyl (C=O) groups is 1. The lowest BCUT2D eigenvalue weighted by Crippen LogP contribution is -2.18. The van der Waals surface area contributed by atoms with E-state index in [2.05, 4.69) is 21.8 Å². The fraction of sp³-hybridized carbons (Fsp3) is 0.286. The highest BCUT2D eigenvalue weighted by Gasteiger charge is 2.04. The molecule has 0 aliphatic rings. The molecule has 0 saturated heterocycles. The maximum atomic E-state index is 11.0. The number of amides is 1. The van der Waals surface area contributed by atoms with E-state index in [9.17, 15) is 4.79 Å². The normalized spacial score (nSPS) is 10.1. The zero-order valence-corrected chi connectivity index (χ0v) is 11.6. The van der Waals surface area contributed by atoms with E-state index in [1.807, 2.05) is 0 Å². The second-order valence-electron chi connectivity index (χ2n) is 3.60. The molecule has 0 atom stereocenters. The van der Waals surface area contributed by atoms with Gasteiger partial charge in [0.15, 0.2) is 11.5 Å². The second-order valence-corrected chi connectivity index (χ2v) is 3.60. The van der Waals surface area contributed by atoms with E-state index < -0.39 is 6.09 Å². The van der Waals surface area contributed by atoms with Crippen molar-refractivity contribution in [2.75, 3.05) is 20.3 Å². The Labute approximate surface area is 118 Å². The minimum Gasteiger partial charge on any atom is -0.493 e. The standard InChI is InChI=1S/C14H18N2O4/c1-4-8-20-12-7-6-11(9-13(12)18-3)10-15-16-14(17)19-5-2/h4,6-7,9-10H,1,5,8H2,2-3H3,(H,16,17)/b15-10+. The maximum Gasteiger partial charge on any atom is 0.427 e. The average Bonchev–Trinajstić information content (AvgIpc) is 2.46. The quantitative estimate of drug-likeness (QED) is 0.472. The molecule has 0 unspecified atom stereocenters. The van der Waals surface area contributed by atoms with E-state index in [1.54, 1.807) is 38.3 Å². The molecule has 0 bridgehead atoms. The first-order valence-corrected chi connectivity index (χ1v) is 6.08. The van der Waals surface area contributed by atoms with Crippen molar-refractivity contribution in [1.82, 2.24) is 5.43 Å². The minimum atomic E-state index is -0.596. The Morgan fingerprint density at radius 3 is 2.90 bits per heavy atom. The first-order chi connectivity index (χ1) is 9.71. The van der Waals surface area contributed by atoms with Gasteiger partial charge in [0.25, 0.3) is 0 Å². The van der Waals surface area contributed by atoms with Crippen LogP contribution in [0.5, 0.6) is 11.5 Å². The molecule has 0 heterocycles. The van der Waals surface area contributed by atoms with Gasteiger partial charge in [-0.05, 0) is 30.7 Å². The van der Waals surface area contributed by atoms with Crippen molar-refractivity contribution in [3.8, 4) is 11.5 Å². The Morgan fingerprint density at radius 2 is 2.25 bits per heavy atom. The topological polar surface area (TPSA) is 69.2 Å². The first-order valence-electron chi connectivity index (χ1n) is 6.08. The van der Waals surface area contributed by atoms with Gasteiger partial charge < -0.3 is 14.2 Å². The largest absolute Gasteiger partial charge is 0.493 e. The number of hydrogen-bond acceptors (Lipinski definition) is 5. The average molecular weight is 278 g/mol. The predicted molar refractivity (Wildman–Crippen MR) is 76.4 cm³/mol. The zero-order valence-electron chi connectivity index (χ0n) is 11.6. The number of hydrogen-bond donors (Lipinski definition) is 1. The summed E-state index contributed by atoms with van der Waals surface area (Å²) < 4.78 is 15.3. The van der Waals surface area contributed by atoms with Gasteiger partial charge in [0.1, 0.15) is 6.61 Å². The molecule has 20 heavy (non-hydrogen) atoms. The van der Waals surface area contributed by atoms with Crippen LogP contribution in [-0.4, -0.2) is 32.6 Å². The van der Waals surface area contributed by atoms with Crippen LogP contribution in [-0.2, 0) is 4.74 Å². The number of carbonyl (C=O) groups excluding carboxylic acids is 1. The van der Waals surface area contributed by atoms with Crippen molar-refractivity contribution in [2.45, 2.75) is 6.92 Å². The summed E-state index contributed by atoms with van der Waals surface area (Å²) in [5, 5.41) is 3.77. The molecule has 0 spiro atoms. The van der Waals surface area contributed by atoms with E-state index in [-0.39, 0.29) is 0 Å². The number of rotatable bonds is 7.